The van der Waals surface area contributed by atoms with E-state index in [1.165, 1.54) is 21.8 Å². The van der Waals surface area contributed by atoms with Crippen molar-refractivity contribution in [3.63, 3.8) is 0 Å². The van der Waals surface area contributed by atoms with Crippen molar-refractivity contribution >= 4 is 27.8 Å². The maximum Gasteiger partial charge on any atom is 0.339 e. The first-order chi connectivity index (χ1) is 14.3. The van der Waals surface area contributed by atoms with Crippen LogP contribution in [0.2, 0.25) is 0 Å². The first-order valence-electron chi connectivity index (χ1n) is 9.60. The Hall–Kier alpha value is -2.75. The van der Waals surface area contributed by atoms with E-state index in [9.17, 15) is 18.0 Å². The average Bonchev–Trinajstić information content (AvgIpc) is 2.72. The number of hydrogen-bond acceptors (Lipinski definition) is 5. The Bertz CT molecular complexity index is 1040. The van der Waals surface area contributed by atoms with Crippen LogP contribution in [0.1, 0.15) is 27.9 Å². The Balaban J connectivity index is 1.71. The Labute approximate surface area is 176 Å². The van der Waals surface area contributed by atoms with Crippen LogP contribution in [-0.4, -0.2) is 55.6 Å². The average molecular weight is 432 g/mol. The number of aryl methyl sites for hydroxylation is 1. The molecule has 1 aliphatic heterocycles. The summed E-state index contributed by atoms with van der Waals surface area (Å²) in [4.78, 5) is 24.4. The molecule has 0 aliphatic carbocycles. The van der Waals surface area contributed by atoms with Gasteiger partial charge in [0.2, 0.25) is 5.91 Å². The number of nitrogens with zero attached hydrogens (tertiary/aromatic N) is 2. The number of methoxy groups -OCH3 is 1. The van der Waals surface area contributed by atoms with Crippen LogP contribution in [0.15, 0.2) is 48.5 Å². The van der Waals surface area contributed by atoms with Crippen molar-refractivity contribution in [3.05, 3.63) is 65.2 Å². The minimum absolute atomic E-state index is 0.205. The number of esters is 1. The highest BCUT2D eigenvalue weighted by atomic mass is 32.2. The summed E-state index contributed by atoms with van der Waals surface area (Å²) >= 11 is 0. The third kappa shape index (κ3) is 4.86. The molecule has 0 saturated carbocycles. The van der Waals surface area contributed by atoms with Crippen molar-refractivity contribution in [2.24, 2.45) is 0 Å². The number of anilines is 1. The Morgan fingerprint density at radius 3 is 2.43 bits per heavy atom. The van der Waals surface area contributed by atoms with Crippen molar-refractivity contribution in [2.45, 2.75) is 19.9 Å². The molecule has 0 radical (unpaired) electrons. The van der Waals surface area contributed by atoms with Crippen LogP contribution in [0.3, 0.4) is 0 Å². The molecule has 3 rings (SSSR count). The maximum absolute atomic E-state index is 13.0. The molecule has 0 atom stereocenters. The highest BCUT2D eigenvalue weighted by Gasteiger charge is 2.35. The van der Waals surface area contributed by atoms with Crippen LogP contribution in [0, 0.1) is 6.92 Å². The standard InChI is InChI=1S/C21H25N3O5S/c1-16-8-3-4-9-17(16)14-23-12-7-13-24(30(23,27)28)15-20(25)22-19-11-6-5-10-18(19)21(26)29-2/h3-6,8-11H,7,12-15H2,1-2H3,(H,22,25). The lowest BCUT2D eigenvalue weighted by molar-refractivity contribution is -0.116. The van der Waals surface area contributed by atoms with Gasteiger partial charge in [0.25, 0.3) is 10.2 Å². The number of amides is 1. The molecule has 1 N–H and O–H groups in total. The molecule has 160 valence electrons. The van der Waals surface area contributed by atoms with Gasteiger partial charge in [-0.25, -0.2) is 4.79 Å². The van der Waals surface area contributed by atoms with E-state index in [0.29, 0.717) is 13.0 Å². The summed E-state index contributed by atoms with van der Waals surface area (Å²) in [6.07, 6.45) is 0.622. The molecule has 0 bridgehead atoms. The molecule has 1 saturated heterocycles. The topological polar surface area (TPSA) is 96.0 Å². The number of nitrogens with one attached hydrogen (secondary N) is 1. The van der Waals surface area contributed by atoms with Gasteiger partial charge in [-0.3, -0.25) is 4.79 Å². The summed E-state index contributed by atoms with van der Waals surface area (Å²) < 4.78 is 33.4. The van der Waals surface area contributed by atoms with Gasteiger partial charge in [0.05, 0.1) is 24.9 Å². The molecule has 9 heteroatoms. The first kappa shape index (κ1) is 21.9. The van der Waals surface area contributed by atoms with E-state index in [1.807, 2.05) is 31.2 Å². The van der Waals surface area contributed by atoms with Gasteiger partial charge in [0, 0.05) is 19.6 Å². The van der Waals surface area contributed by atoms with Crippen LogP contribution < -0.4 is 5.32 Å². The molecule has 8 nitrogen and oxygen atoms in total. The number of carbonyl (C=O) groups excluding carboxylic acids is 2. The minimum atomic E-state index is -3.78. The monoisotopic (exact) mass is 431 g/mol. The van der Waals surface area contributed by atoms with Gasteiger partial charge in [-0.1, -0.05) is 36.4 Å². The zero-order valence-electron chi connectivity index (χ0n) is 17.0. The molecule has 1 aliphatic rings. The van der Waals surface area contributed by atoms with Crippen molar-refractivity contribution in [1.29, 1.82) is 0 Å². The fourth-order valence-electron chi connectivity index (χ4n) is 3.35. The van der Waals surface area contributed by atoms with Crippen LogP contribution in [-0.2, 0) is 26.3 Å². The zero-order chi connectivity index (χ0) is 21.7. The smallest absolute Gasteiger partial charge is 0.339 e. The van der Waals surface area contributed by atoms with E-state index in [2.05, 4.69) is 5.32 Å². The molecule has 1 heterocycles. The number of ether oxygens (including phenoxy) is 1. The van der Waals surface area contributed by atoms with E-state index in [0.717, 1.165) is 11.1 Å². The largest absolute Gasteiger partial charge is 0.465 e. The van der Waals surface area contributed by atoms with Crippen LogP contribution in [0.4, 0.5) is 5.69 Å². The zero-order valence-corrected chi connectivity index (χ0v) is 17.8. The first-order valence-corrected chi connectivity index (χ1v) is 11.0. The summed E-state index contributed by atoms with van der Waals surface area (Å²) in [5.74, 6) is -1.10. The number of rotatable bonds is 6. The summed E-state index contributed by atoms with van der Waals surface area (Å²) in [5, 5.41) is 2.62. The normalized spacial score (nSPS) is 16.7. The van der Waals surface area contributed by atoms with Crippen LogP contribution >= 0.6 is 0 Å². The van der Waals surface area contributed by atoms with E-state index in [4.69, 9.17) is 4.74 Å². The molecule has 1 amide bonds. The molecule has 2 aromatic carbocycles. The molecule has 2 aromatic rings. The Kier molecular flexibility index (Phi) is 6.86. The van der Waals surface area contributed by atoms with Gasteiger partial charge < -0.3 is 10.1 Å². The predicted molar refractivity (Wildman–Crippen MR) is 113 cm³/mol. The lowest BCUT2D eigenvalue weighted by atomic mass is 10.1. The van der Waals surface area contributed by atoms with E-state index in [1.54, 1.807) is 18.2 Å². The highest BCUT2D eigenvalue weighted by molar-refractivity contribution is 7.86. The third-order valence-electron chi connectivity index (χ3n) is 5.00. The van der Waals surface area contributed by atoms with Gasteiger partial charge >= 0.3 is 5.97 Å². The van der Waals surface area contributed by atoms with Crippen molar-refractivity contribution in [2.75, 3.05) is 32.1 Å². The molecule has 30 heavy (non-hydrogen) atoms. The second kappa shape index (κ2) is 9.38. The van der Waals surface area contributed by atoms with Gasteiger partial charge in [-0.15, -0.1) is 0 Å². The number of para-hydroxylation sites is 1. The molecule has 0 spiro atoms. The minimum Gasteiger partial charge on any atom is -0.465 e. The predicted octanol–water partition coefficient (Wildman–Crippen LogP) is 2.17. The summed E-state index contributed by atoms with van der Waals surface area (Å²) in [6, 6.07) is 14.1. The fraction of sp³-hybridized carbons (Fsp3) is 0.333. The Morgan fingerprint density at radius 1 is 1.03 bits per heavy atom. The van der Waals surface area contributed by atoms with Crippen LogP contribution in [0.5, 0.6) is 0 Å². The molecule has 0 aromatic heterocycles. The molecule has 1 fully saturated rings. The number of carbonyl (C=O) groups is 2. The summed E-state index contributed by atoms with van der Waals surface area (Å²) in [5.41, 5.74) is 2.43. The van der Waals surface area contributed by atoms with Gasteiger partial charge in [-0.2, -0.15) is 17.0 Å². The molecular formula is C21H25N3O5S. The van der Waals surface area contributed by atoms with Crippen molar-refractivity contribution in [3.8, 4) is 0 Å². The maximum atomic E-state index is 13.0. The van der Waals surface area contributed by atoms with Crippen molar-refractivity contribution in [1.82, 2.24) is 8.61 Å². The molecule has 0 unspecified atom stereocenters. The summed E-state index contributed by atoms with van der Waals surface area (Å²) in [7, 11) is -2.53. The second-order valence-corrected chi connectivity index (χ2v) is 8.97. The molecular weight excluding hydrogens is 406 g/mol. The lowest BCUT2D eigenvalue weighted by Gasteiger charge is -2.34. The van der Waals surface area contributed by atoms with Crippen LogP contribution in [0.25, 0.3) is 0 Å². The van der Waals surface area contributed by atoms with Gasteiger partial charge in [0.1, 0.15) is 0 Å². The van der Waals surface area contributed by atoms with E-state index in [-0.39, 0.29) is 30.9 Å². The third-order valence-corrected chi connectivity index (χ3v) is 6.93. The van der Waals surface area contributed by atoms with Crippen molar-refractivity contribution < 1.29 is 22.7 Å². The lowest BCUT2D eigenvalue weighted by Crippen LogP contribution is -2.51. The van der Waals surface area contributed by atoms with Gasteiger partial charge in [0.15, 0.2) is 0 Å². The van der Waals surface area contributed by atoms with E-state index >= 15 is 0 Å². The summed E-state index contributed by atoms with van der Waals surface area (Å²) in [6.45, 7) is 2.54. The SMILES string of the molecule is COC(=O)c1ccccc1NC(=O)CN1CCCN(Cc2ccccc2C)S1(=O)=O. The Morgan fingerprint density at radius 2 is 1.70 bits per heavy atom. The number of benzene rings is 2. The fourth-order valence-corrected chi connectivity index (χ4v) is 4.98. The quantitative estimate of drug-likeness (QED) is 0.707. The van der Waals surface area contributed by atoms with Gasteiger partial charge in [-0.05, 0) is 36.6 Å². The highest BCUT2D eigenvalue weighted by Crippen LogP contribution is 2.21. The second-order valence-electron chi connectivity index (χ2n) is 7.04. The number of hydrogen-bond donors (Lipinski definition) is 1. The van der Waals surface area contributed by atoms with E-state index < -0.39 is 22.1 Å².